The molecular formula is C19H18N2O3. The molecule has 1 N–H and O–H groups in total. The van der Waals surface area contributed by atoms with Crippen molar-refractivity contribution in [3.8, 4) is 0 Å². The van der Waals surface area contributed by atoms with E-state index < -0.39 is 0 Å². The van der Waals surface area contributed by atoms with E-state index >= 15 is 0 Å². The number of nitrogens with zero attached hydrogens (tertiary/aromatic N) is 1. The molecule has 2 aliphatic rings. The van der Waals surface area contributed by atoms with Crippen LogP contribution in [0.1, 0.15) is 25.5 Å². The lowest BCUT2D eigenvalue weighted by molar-refractivity contribution is -0.116. The molecule has 3 rings (SSSR count). The highest BCUT2D eigenvalue weighted by atomic mass is 16.3. The molecule has 0 saturated heterocycles. The maximum Gasteiger partial charge on any atom is 0.270 e. The number of nitrogens with one attached hydrogen (secondary N) is 1. The molecule has 2 amide bonds. The van der Waals surface area contributed by atoms with E-state index in [2.05, 4.69) is 17.2 Å². The smallest absolute Gasteiger partial charge is 0.270 e. The molecule has 24 heavy (non-hydrogen) atoms. The number of furan rings is 1. The van der Waals surface area contributed by atoms with E-state index in [-0.39, 0.29) is 17.7 Å². The Morgan fingerprint density at radius 2 is 2.29 bits per heavy atom. The molecule has 5 nitrogen and oxygen atoms in total. The number of allylic oxidation sites excluding steroid dienone is 3. The van der Waals surface area contributed by atoms with Crippen molar-refractivity contribution in [2.24, 2.45) is 10.9 Å². The summed E-state index contributed by atoms with van der Waals surface area (Å²) in [5.74, 6) is 0.151. The molecule has 2 heterocycles. The van der Waals surface area contributed by atoms with Crippen LogP contribution in [0, 0.1) is 5.92 Å². The van der Waals surface area contributed by atoms with Crippen LogP contribution in [0.5, 0.6) is 0 Å². The molecule has 0 radical (unpaired) electrons. The van der Waals surface area contributed by atoms with Crippen molar-refractivity contribution in [1.29, 1.82) is 0 Å². The van der Waals surface area contributed by atoms with E-state index in [0.29, 0.717) is 11.5 Å². The zero-order valence-corrected chi connectivity index (χ0v) is 13.4. The third kappa shape index (κ3) is 3.68. The lowest BCUT2D eigenvalue weighted by Crippen LogP contribution is -2.33. The van der Waals surface area contributed by atoms with Gasteiger partial charge in [-0.25, -0.2) is 4.99 Å². The van der Waals surface area contributed by atoms with Gasteiger partial charge in [-0.15, -0.1) is 0 Å². The normalized spacial score (nSPS) is 21.5. The molecule has 0 spiro atoms. The Bertz CT molecular complexity index is 793. The van der Waals surface area contributed by atoms with Gasteiger partial charge in [-0.05, 0) is 36.8 Å². The van der Waals surface area contributed by atoms with E-state index in [1.165, 1.54) is 12.3 Å². The lowest BCUT2D eigenvalue weighted by Gasteiger charge is -2.27. The maximum atomic E-state index is 11.9. The predicted octanol–water partition coefficient (Wildman–Crippen LogP) is 3.19. The molecule has 1 unspecified atom stereocenters. The van der Waals surface area contributed by atoms with Gasteiger partial charge < -0.3 is 9.73 Å². The summed E-state index contributed by atoms with van der Waals surface area (Å²) in [5, 5.41) is 2.83. The number of carbonyl (C=O) groups excluding carboxylic acids is 2. The summed E-state index contributed by atoms with van der Waals surface area (Å²) >= 11 is 0. The van der Waals surface area contributed by atoms with Crippen LogP contribution in [0.3, 0.4) is 0 Å². The first-order chi connectivity index (χ1) is 11.7. The van der Waals surface area contributed by atoms with Crippen LogP contribution in [-0.2, 0) is 9.59 Å². The Labute approximate surface area is 140 Å². The van der Waals surface area contributed by atoms with Gasteiger partial charge in [-0.2, -0.15) is 0 Å². The number of amides is 2. The standard InChI is InChI=1S/C19H18N2O3/c1-2-4-13-11-19(23)21-17-12-14(6-8-16(13)17)20-18(22)9-7-15-5-3-10-24-15/h3,5-12,16H,2,4H2,1H3,(H,21,23)/b9-7+,20-14?. The summed E-state index contributed by atoms with van der Waals surface area (Å²) in [6.45, 7) is 2.08. The van der Waals surface area contributed by atoms with Crippen molar-refractivity contribution in [2.75, 3.05) is 0 Å². The van der Waals surface area contributed by atoms with Gasteiger partial charge in [0.1, 0.15) is 5.76 Å². The lowest BCUT2D eigenvalue weighted by atomic mass is 9.85. The zero-order chi connectivity index (χ0) is 16.9. The number of fused-ring (bicyclic) bond motifs is 1. The van der Waals surface area contributed by atoms with E-state index in [1.807, 2.05) is 12.2 Å². The topological polar surface area (TPSA) is 71.7 Å². The highest BCUT2D eigenvalue weighted by molar-refractivity contribution is 6.13. The molecule has 0 saturated carbocycles. The molecule has 0 fully saturated rings. The van der Waals surface area contributed by atoms with Gasteiger partial charge in [0, 0.05) is 23.8 Å². The highest BCUT2D eigenvalue weighted by Crippen LogP contribution is 2.29. The van der Waals surface area contributed by atoms with Crippen molar-refractivity contribution in [2.45, 2.75) is 19.8 Å². The zero-order valence-electron chi connectivity index (χ0n) is 13.4. The van der Waals surface area contributed by atoms with E-state index in [0.717, 1.165) is 24.1 Å². The van der Waals surface area contributed by atoms with Crippen molar-refractivity contribution >= 4 is 23.6 Å². The Balaban J connectivity index is 1.76. The molecule has 122 valence electrons. The largest absolute Gasteiger partial charge is 0.465 e. The SMILES string of the molecule is CCCC1=CC(=O)NC2=CC(=NC(=O)/C=C/c3ccco3)C=CC12. The number of carbonyl (C=O) groups is 2. The van der Waals surface area contributed by atoms with Crippen LogP contribution >= 0.6 is 0 Å². The minimum Gasteiger partial charge on any atom is -0.465 e. The average Bonchev–Trinajstić information content (AvgIpc) is 3.06. The second kappa shape index (κ2) is 7.08. The fraction of sp³-hybridized carbons (Fsp3) is 0.211. The molecule has 1 aromatic rings. The Kier molecular flexibility index (Phi) is 4.70. The summed E-state index contributed by atoms with van der Waals surface area (Å²) in [6.07, 6.45) is 13.5. The summed E-state index contributed by atoms with van der Waals surface area (Å²) < 4.78 is 5.12. The Morgan fingerprint density at radius 1 is 1.42 bits per heavy atom. The predicted molar refractivity (Wildman–Crippen MR) is 92.0 cm³/mol. The fourth-order valence-electron chi connectivity index (χ4n) is 2.76. The van der Waals surface area contributed by atoms with Gasteiger partial charge in [-0.3, -0.25) is 9.59 Å². The van der Waals surface area contributed by atoms with Gasteiger partial charge in [0.2, 0.25) is 5.91 Å². The average molecular weight is 322 g/mol. The first-order valence-corrected chi connectivity index (χ1v) is 7.91. The third-order valence-electron chi connectivity index (χ3n) is 3.79. The van der Waals surface area contributed by atoms with Gasteiger partial charge in [0.25, 0.3) is 5.91 Å². The van der Waals surface area contributed by atoms with Crippen LogP contribution in [0.4, 0.5) is 0 Å². The van der Waals surface area contributed by atoms with Gasteiger partial charge in [0.05, 0.1) is 12.0 Å². The van der Waals surface area contributed by atoms with Crippen LogP contribution in [0.15, 0.2) is 69.5 Å². The molecule has 0 bridgehead atoms. The number of rotatable bonds is 4. The molecule has 1 aliphatic carbocycles. The molecule has 1 aromatic heterocycles. The van der Waals surface area contributed by atoms with Crippen molar-refractivity contribution in [3.05, 3.63) is 65.8 Å². The van der Waals surface area contributed by atoms with E-state index in [4.69, 9.17) is 4.42 Å². The number of hydrogen-bond donors (Lipinski definition) is 1. The first kappa shape index (κ1) is 15.9. The van der Waals surface area contributed by atoms with Crippen molar-refractivity contribution in [1.82, 2.24) is 5.32 Å². The summed E-state index contributed by atoms with van der Waals surface area (Å²) in [5.41, 5.74) is 2.38. The maximum absolute atomic E-state index is 11.9. The fourth-order valence-corrected chi connectivity index (χ4v) is 2.76. The minimum absolute atomic E-state index is 0.0652. The monoisotopic (exact) mass is 322 g/mol. The quantitative estimate of drug-likeness (QED) is 0.865. The van der Waals surface area contributed by atoms with Crippen LogP contribution < -0.4 is 5.32 Å². The third-order valence-corrected chi connectivity index (χ3v) is 3.79. The minimum atomic E-state index is -0.382. The van der Waals surface area contributed by atoms with Gasteiger partial charge in [-0.1, -0.05) is 25.0 Å². The molecule has 1 atom stereocenters. The molecule has 0 aromatic carbocycles. The molecule has 1 aliphatic heterocycles. The number of hydrogen-bond acceptors (Lipinski definition) is 3. The van der Waals surface area contributed by atoms with E-state index in [9.17, 15) is 9.59 Å². The molecular weight excluding hydrogens is 304 g/mol. The number of aliphatic imine (C=N–C) groups is 1. The summed E-state index contributed by atoms with van der Waals surface area (Å²) in [4.78, 5) is 27.7. The van der Waals surface area contributed by atoms with Gasteiger partial charge >= 0.3 is 0 Å². The second-order valence-electron chi connectivity index (χ2n) is 5.62. The van der Waals surface area contributed by atoms with Crippen molar-refractivity contribution < 1.29 is 14.0 Å². The Morgan fingerprint density at radius 3 is 3.04 bits per heavy atom. The van der Waals surface area contributed by atoms with Crippen LogP contribution in [0.25, 0.3) is 6.08 Å². The molecule has 5 heteroatoms. The Hall–Kier alpha value is -2.95. The van der Waals surface area contributed by atoms with E-state index in [1.54, 1.807) is 30.4 Å². The van der Waals surface area contributed by atoms with Crippen molar-refractivity contribution in [3.63, 3.8) is 0 Å². The summed E-state index contributed by atoms with van der Waals surface area (Å²) in [6, 6.07) is 3.50. The first-order valence-electron chi connectivity index (χ1n) is 7.91. The summed E-state index contributed by atoms with van der Waals surface area (Å²) in [7, 11) is 0. The van der Waals surface area contributed by atoms with Gasteiger partial charge in [0.15, 0.2) is 0 Å². The highest BCUT2D eigenvalue weighted by Gasteiger charge is 2.25. The second-order valence-corrected chi connectivity index (χ2v) is 5.62. The van der Waals surface area contributed by atoms with Crippen LogP contribution in [-0.4, -0.2) is 17.5 Å². The van der Waals surface area contributed by atoms with Crippen LogP contribution in [0.2, 0.25) is 0 Å².